The molecule has 0 aliphatic heterocycles. The van der Waals surface area contributed by atoms with Gasteiger partial charge in [0.1, 0.15) is 23.2 Å². The molecule has 2 fully saturated rings. The summed E-state index contributed by atoms with van der Waals surface area (Å²) in [7, 11) is 1.37. The summed E-state index contributed by atoms with van der Waals surface area (Å²) in [6, 6.07) is 19.5. The molecule has 0 unspecified atom stereocenters. The number of aromatic nitrogens is 1. The van der Waals surface area contributed by atoms with Crippen molar-refractivity contribution in [1.82, 2.24) is 10.3 Å². The fourth-order valence-electron chi connectivity index (χ4n) is 6.98. The number of hydrogen-bond donors (Lipinski definition) is 1. The lowest BCUT2D eigenvalue weighted by Gasteiger charge is -2.19. The van der Waals surface area contributed by atoms with E-state index in [1.54, 1.807) is 11.3 Å². The summed E-state index contributed by atoms with van der Waals surface area (Å²) >= 11 is 1.75. The number of rotatable bonds is 10. The maximum Gasteiger partial charge on any atom is 0.328 e. The van der Waals surface area contributed by atoms with Crippen molar-refractivity contribution in [3.63, 3.8) is 0 Å². The molecule has 2 heterocycles. The maximum absolute atomic E-state index is 13.7. The summed E-state index contributed by atoms with van der Waals surface area (Å²) in [6.07, 6.45) is 11.0. The van der Waals surface area contributed by atoms with Crippen molar-refractivity contribution in [3.8, 4) is 11.5 Å². The number of carbonyl (C=O) groups excluding carboxylic acids is 2. The number of fused-ring (bicyclic) bond motifs is 1. The van der Waals surface area contributed by atoms with Gasteiger partial charge in [-0.15, -0.1) is 11.3 Å². The lowest BCUT2D eigenvalue weighted by Crippen LogP contribution is -2.43. The highest BCUT2D eigenvalue weighted by Crippen LogP contribution is 2.38. The number of pyridine rings is 1. The van der Waals surface area contributed by atoms with E-state index in [9.17, 15) is 9.59 Å². The van der Waals surface area contributed by atoms with Crippen molar-refractivity contribution in [2.24, 2.45) is 5.92 Å². The van der Waals surface area contributed by atoms with E-state index in [1.165, 1.54) is 68.9 Å². The first kappa shape index (κ1) is 32.2. The summed E-state index contributed by atoms with van der Waals surface area (Å²) in [4.78, 5) is 33.9. The van der Waals surface area contributed by atoms with Crippen LogP contribution in [0.25, 0.3) is 10.8 Å². The van der Waals surface area contributed by atoms with E-state index in [0.29, 0.717) is 24.0 Å². The maximum atomic E-state index is 13.7. The number of nitrogens with one attached hydrogen (secondary N) is 1. The molecule has 46 heavy (non-hydrogen) atoms. The monoisotopic (exact) mass is 638 g/mol. The second-order valence-electron chi connectivity index (χ2n) is 14.1. The van der Waals surface area contributed by atoms with Gasteiger partial charge in [0.05, 0.1) is 7.11 Å². The lowest BCUT2D eigenvalue weighted by atomic mass is 9.87. The highest BCUT2D eigenvalue weighted by molar-refractivity contribution is 7.12. The Kier molecular flexibility index (Phi) is 9.78. The molecule has 2 aromatic carbocycles. The molecule has 6 rings (SSSR count). The van der Waals surface area contributed by atoms with E-state index >= 15 is 0 Å². The first-order valence-corrected chi connectivity index (χ1v) is 17.7. The fourth-order valence-corrected chi connectivity index (χ4v) is 8.21. The summed E-state index contributed by atoms with van der Waals surface area (Å²) < 4.78 is 11.4. The predicted molar refractivity (Wildman–Crippen MR) is 185 cm³/mol. The van der Waals surface area contributed by atoms with Crippen LogP contribution < -0.4 is 10.1 Å². The van der Waals surface area contributed by atoms with Gasteiger partial charge in [-0.2, -0.15) is 0 Å². The molecule has 6 nitrogen and oxygen atoms in total. The molecule has 1 amide bonds. The van der Waals surface area contributed by atoms with Crippen LogP contribution in [-0.2, 0) is 27.8 Å². The lowest BCUT2D eigenvalue weighted by molar-refractivity contribution is -0.142. The predicted octanol–water partition coefficient (Wildman–Crippen LogP) is 9.29. The highest BCUT2D eigenvalue weighted by Gasteiger charge is 2.27. The number of amides is 1. The summed E-state index contributed by atoms with van der Waals surface area (Å²) in [5.41, 5.74) is 2.55. The van der Waals surface area contributed by atoms with Crippen LogP contribution in [0.5, 0.6) is 11.5 Å². The molecule has 0 spiro atoms. The van der Waals surface area contributed by atoms with Gasteiger partial charge in [-0.3, -0.25) is 4.79 Å². The Labute approximate surface area is 276 Å². The van der Waals surface area contributed by atoms with Gasteiger partial charge in [-0.25, -0.2) is 9.78 Å². The Morgan fingerprint density at radius 2 is 1.61 bits per heavy atom. The Balaban J connectivity index is 1.24. The summed E-state index contributed by atoms with van der Waals surface area (Å²) in [5, 5.41) is 4.89. The molecule has 0 saturated heterocycles. The van der Waals surface area contributed by atoms with Crippen molar-refractivity contribution in [2.45, 2.75) is 102 Å². The van der Waals surface area contributed by atoms with Gasteiger partial charge in [0.25, 0.3) is 5.91 Å². The Hall–Kier alpha value is -3.71. The first-order chi connectivity index (χ1) is 22.2. The number of ether oxygens (including phenoxy) is 2. The second kappa shape index (κ2) is 14.0. The topological polar surface area (TPSA) is 77.5 Å². The number of thiophene rings is 1. The Morgan fingerprint density at radius 3 is 2.30 bits per heavy atom. The van der Waals surface area contributed by atoms with Crippen LogP contribution in [0, 0.1) is 5.92 Å². The number of nitrogens with zero attached hydrogens (tertiary/aromatic N) is 1. The number of methoxy groups -OCH3 is 1. The van der Waals surface area contributed by atoms with E-state index in [0.717, 1.165) is 39.3 Å². The van der Waals surface area contributed by atoms with Crippen molar-refractivity contribution in [1.29, 1.82) is 0 Å². The van der Waals surface area contributed by atoms with Gasteiger partial charge in [-0.1, -0.05) is 77.5 Å². The molecule has 7 heteroatoms. The Morgan fingerprint density at radius 1 is 0.913 bits per heavy atom. The van der Waals surface area contributed by atoms with E-state index < -0.39 is 12.0 Å². The standard InChI is InChI=1S/C39H46N2O4S/c1-39(2,3)28-14-17-29(18-15-28)45-30-16-13-27-22-34(40-33(32(27)23-30)21-25-9-5-6-10-25)37(42)41-35(38(43)44-4)24-31-19-20-36(46-31)26-11-7-8-12-26/h13-20,22-23,25-26,35H,5-12,21,24H2,1-4H3,(H,41,42)/t35-/m0/s1. The largest absolute Gasteiger partial charge is 0.467 e. The molecular formula is C39H46N2O4S. The molecule has 2 aliphatic rings. The highest BCUT2D eigenvalue weighted by atomic mass is 32.1. The van der Waals surface area contributed by atoms with Gasteiger partial charge < -0.3 is 14.8 Å². The van der Waals surface area contributed by atoms with E-state index in [4.69, 9.17) is 14.5 Å². The number of esters is 1. The van der Waals surface area contributed by atoms with Gasteiger partial charge in [-0.05, 0) is 89.9 Å². The van der Waals surface area contributed by atoms with Gasteiger partial charge in [0.15, 0.2) is 0 Å². The average Bonchev–Trinajstić information content (AvgIpc) is 3.84. The minimum Gasteiger partial charge on any atom is -0.467 e. The normalized spacial score (nSPS) is 16.5. The molecule has 1 atom stereocenters. The number of carbonyl (C=O) groups is 2. The molecule has 242 valence electrons. The van der Waals surface area contributed by atoms with Crippen molar-refractivity contribution in [2.75, 3.05) is 7.11 Å². The second-order valence-corrected chi connectivity index (χ2v) is 15.3. The zero-order chi connectivity index (χ0) is 32.3. The zero-order valence-electron chi connectivity index (χ0n) is 27.6. The number of hydrogen-bond acceptors (Lipinski definition) is 6. The minimum atomic E-state index is -0.788. The molecule has 2 aromatic heterocycles. The fraction of sp³-hybridized carbons (Fsp3) is 0.462. The van der Waals surface area contributed by atoms with Crippen molar-refractivity contribution >= 4 is 34.0 Å². The van der Waals surface area contributed by atoms with Crippen LogP contribution in [0.2, 0.25) is 0 Å². The molecule has 0 radical (unpaired) electrons. The summed E-state index contributed by atoms with van der Waals surface area (Å²) in [6.45, 7) is 6.60. The van der Waals surface area contributed by atoms with Gasteiger partial charge in [0, 0.05) is 27.3 Å². The smallest absolute Gasteiger partial charge is 0.328 e. The molecule has 1 N–H and O–H groups in total. The SMILES string of the molecule is COC(=O)[C@H](Cc1ccc(C2CCCC2)s1)NC(=O)c1cc2ccc(Oc3ccc(C(C)(C)C)cc3)cc2c(CC2CCCC2)n1. The molecular weight excluding hydrogens is 593 g/mol. The van der Waals surface area contributed by atoms with E-state index in [2.05, 4.69) is 50.4 Å². The molecule has 4 aromatic rings. The van der Waals surface area contributed by atoms with Crippen LogP contribution in [0.4, 0.5) is 0 Å². The van der Waals surface area contributed by atoms with Crippen LogP contribution in [0.3, 0.4) is 0 Å². The van der Waals surface area contributed by atoms with Crippen LogP contribution >= 0.6 is 11.3 Å². The molecule has 2 aliphatic carbocycles. The Bertz CT molecular complexity index is 1670. The quantitative estimate of drug-likeness (QED) is 0.175. The third-order valence-corrected chi connectivity index (χ3v) is 10.9. The molecule has 2 saturated carbocycles. The van der Waals surface area contributed by atoms with Gasteiger partial charge in [0.2, 0.25) is 0 Å². The van der Waals surface area contributed by atoms with Crippen molar-refractivity contribution in [3.05, 3.63) is 87.4 Å². The van der Waals surface area contributed by atoms with Crippen molar-refractivity contribution < 1.29 is 19.1 Å². The minimum absolute atomic E-state index is 0.0750. The van der Waals surface area contributed by atoms with E-state index in [-0.39, 0.29) is 11.3 Å². The summed E-state index contributed by atoms with van der Waals surface area (Å²) in [5.74, 6) is 1.86. The van der Waals surface area contributed by atoms with Gasteiger partial charge >= 0.3 is 5.97 Å². The third-order valence-electron chi connectivity index (χ3n) is 9.67. The van der Waals surface area contributed by atoms with Crippen LogP contribution in [0.1, 0.15) is 110 Å². The third kappa shape index (κ3) is 7.63. The molecule has 0 bridgehead atoms. The average molecular weight is 639 g/mol. The first-order valence-electron chi connectivity index (χ1n) is 16.9. The zero-order valence-corrected chi connectivity index (χ0v) is 28.4. The van der Waals surface area contributed by atoms with Crippen LogP contribution in [0.15, 0.2) is 60.7 Å². The van der Waals surface area contributed by atoms with Crippen LogP contribution in [-0.4, -0.2) is 30.0 Å². The number of benzene rings is 2. The van der Waals surface area contributed by atoms with E-state index in [1.807, 2.05) is 36.4 Å².